The Bertz CT molecular complexity index is 298. The first-order chi connectivity index (χ1) is 7.27. The molecule has 0 saturated carbocycles. The molecular formula is C12H18N2O. The molecule has 1 heterocycles. The standard InChI is InChI=1S/C12H18N2O/c1-3-7-10(4-2)12(15)14-11-8-5-6-9-13-11/h5-6,8-10H,3-4,7H2,1-2H3,(H,13,14,15). The van der Waals surface area contributed by atoms with Crippen molar-refractivity contribution in [1.29, 1.82) is 0 Å². The first kappa shape index (κ1) is 11.7. The van der Waals surface area contributed by atoms with Crippen LogP contribution in [0.5, 0.6) is 0 Å². The largest absolute Gasteiger partial charge is 0.310 e. The second kappa shape index (κ2) is 6.17. The van der Waals surface area contributed by atoms with Crippen LogP contribution in [-0.4, -0.2) is 10.9 Å². The molecule has 82 valence electrons. The molecule has 0 radical (unpaired) electrons. The maximum Gasteiger partial charge on any atom is 0.228 e. The lowest BCUT2D eigenvalue weighted by molar-refractivity contribution is -0.120. The molecule has 3 nitrogen and oxygen atoms in total. The molecule has 0 aliphatic carbocycles. The third-order valence-corrected chi connectivity index (χ3v) is 2.42. The highest BCUT2D eigenvalue weighted by atomic mass is 16.1. The Morgan fingerprint density at radius 3 is 2.80 bits per heavy atom. The quantitative estimate of drug-likeness (QED) is 0.804. The fraction of sp³-hybridized carbons (Fsp3) is 0.500. The van der Waals surface area contributed by atoms with Gasteiger partial charge in [0.25, 0.3) is 0 Å². The molecule has 0 aliphatic heterocycles. The Hall–Kier alpha value is -1.38. The second-order valence-electron chi connectivity index (χ2n) is 3.60. The van der Waals surface area contributed by atoms with Gasteiger partial charge in [-0.2, -0.15) is 0 Å². The van der Waals surface area contributed by atoms with Gasteiger partial charge in [-0.25, -0.2) is 4.98 Å². The molecule has 1 rings (SSSR count). The fourth-order valence-corrected chi connectivity index (χ4v) is 1.53. The molecule has 1 atom stereocenters. The summed E-state index contributed by atoms with van der Waals surface area (Å²) in [7, 11) is 0. The van der Waals surface area contributed by atoms with Gasteiger partial charge in [-0.3, -0.25) is 4.79 Å². The lowest BCUT2D eigenvalue weighted by atomic mass is 10.00. The van der Waals surface area contributed by atoms with Crippen molar-refractivity contribution in [2.24, 2.45) is 5.92 Å². The fourth-order valence-electron chi connectivity index (χ4n) is 1.53. The van der Waals surface area contributed by atoms with Gasteiger partial charge in [0.2, 0.25) is 5.91 Å². The minimum atomic E-state index is 0.0815. The van der Waals surface area contributed by atoms with Gasteiger partial charge in [0.15, 0.2) is 0 Å². The van der Waals surface area contributed by atoms with E-state index >= 15 is 0 Å². The van der Waals surface area contributed by atoms with Gasteiger partial charge in [0.05, 0.1) is 0 Å². The van der Waals surface area contributed by atoms with Crippen molar-refractivity contribution < 1.29 is 4.79 Å². The van der Waals surface area contributed by atoms with Gasteiger partial charge >= 0.3 is 0 Å². The summed E-state index contributed by atoms with van der Waals surface area (Å²) in [6.07, 6.45) is 4.53. The number of nitrogens with one attached hydrogen (secondary N) is 1. The molecule has 1 aromatic heterocycles. The van der Waals surface area contributed by atoms with Crippen LogP contribution < -0.4 is 5.32 Å². The van der Waals surface area contributed by atoms with Gasteiger partial charge in [0.1, 0.15) is 5.82 Å². The van der Waals surface area contributed by atoms with Crippen LogP contribution in [0, 0.1) is 5.92 Å². The van der Waals surface area contributed by atoms with Crippen LogP contribution >= 0.6 is 0 Å². The zero-order valence-corrected chi connectivity index (χ0v) is 9.36. The molecule has 0 fully saturated rings. The van der Waals surface area contributed by atoms with Crippen LogP contribution in [0.2, 0.25) is 0 Å². The Balaban J connectivity index is 2.54. The maximum absolute atomic E-state index is 11.8. The van der Waals surface area contributed by atoms with E-state index in [2.05, 4.69) is 17.2 Å². The molecule has 0 bridgehead atoms. The molecule has 0 saturated heterocycles. The van der Waals surface area contributed by atoms with Gasteiger partial charge in [-0.15, -0.1) is 0 Å². The summed E-state index contributed by atoms with van der Waals surface area (Å²) >= 11 is 0. The molecule has 3 heteroatoms. The molecule has 1 N–H and O–H groups in total. The van der Waals surface area contributed by atoms with E-state index in [0.717, 1.165) is 19.3 Å². The van der Waals surface area contributed by atoms with E-state index < -0.39 is 0 Å². The molecule has 0 spiro atoms. The summed E-state index contributed by atoms with van der Waals surface area (Å²) < 4.78 is 0. The molecule has 1 amide bonds. The van der Waals surface area contributed by atoms with E-state index in [1.807, 2.05) is 19.1 Å². The predicted octanol–water partition coefficient (Wildman–Crippen LogP) is 2.85. The van der Waals surface area contributed by atoms with Crippen molar-refractivity contribution in [1.82, 2.24) is 4.98 Å². The average Bonchev–Trinajstić information content (AvgIpc) is 2.27. The van der Waals surface area contributed by atoms with Gasteiger partial charge in [-0.05, 0) is 25.0 Å². The van der Waals surface area contributed by atoms with E-state index in [4.69, 9.17) is 0 Å². The number of carbonyl (C=O) groups excluding carboxylic acids is 1. The van der Waals surface area contributed by atoms with Crippen LogP contribution in [0.25, 0.3) is 0 Å². The number of rotatable bonds is 5. The zero-order valence-electron chi connectivity index (χ0n) is 9.36. The van der Waals surface area contributed by atoms with Gasteiger partial charge in [-0.1, -0.05) is 26.3 Å². The van der Waals surface area contributed by atoms with Crippen molar-refractivity contribution in [3.8, 4) is 0 Å². The van der Waals surface area contributed by atoms with Crippen molar-refractivity contribution >= 4 is 11.7 Å². The summed E-state index contributed by atoms with van der Waals surface area (Å²) in [6.45, 7) is 4.13. The third kappa shape index (κ3) is 3.70. The minimum Gasteiger partial charge on any atom is -0.310 e. The van der Waals surface area contributed by atoms with Crippen molar-refractivity contribution in [2.45, 2.75) is 33.1 Å². The molecule has 1 unspecified atom stereocenters. The normalized spacial score (nSPS) is 12.1. The molecule has 15 heavy (non-hydrogen) atoms. The summed E-state index contributed by atoms with van der Waals surface area (Å²) in [5.74, 6) is 0.826. The number of amides is 1. The van der Waals surface area contributed by atoms with Crippen molar-refractivity contribution in [3.05, 3.63) is 24.4 Å². The smallest absolute Gasteiger partial charge is 0.228 e. The predicted molar refractivity (Wildman–Crippen MR) is 61.6 cm³/mol. The molecule has 0 aliphatic rings. The van der Waals surface area contributed by atoms with Gasteiger partial charge in [0, 0.05) is 12.1 Å². The number of anilines is 1. The summed E-state index contributed by atoms with van der Waals surface area (Å²) in [6, 6.07) is 5.50. The highest BCUT2D eigenvalue weighted by Crippen LogP contribution is 2.13. The van der Waals surface area contributed by atoms with E-state index in [9.17, 15) is 4.79 Å². The number of aromatic nitrogens is 1. The molecule has 0 aromatic carbocycles. The number of hydrogen-bond acceptors (Lipinski definition) is 2. The van der Waals surface area contributed by atoms with Crippen molar-refractivity contribution in [3.63, 3.8) is 0 Å². The van der Waals surface area contributed by atoms with Crippen LogP contribution in [0.3, 0.4) is 0 Å². The average molecular weight is 206 g/mol. The topological polar surface area (TPSA) is 42.0 Å². The van der Waals surface area contributed by atoms with Gasteiger partial charge < -0.3 is 5.32 Å². The SMILES string of the molecule is CCCC(CC)C(=O)Nc1ccccn1. The minimum absolute atomic E-state index is 0.0815. The third-order valence-electron chi connectivity index (χ3n) is 2.42. The summed E-state index contributed by atoms with van der Waals surface area (Å²) in [5.41, 5.74) is 0. The van der Waals surface area contributed by atoms with Crippen molar-refractivity contribution in [2.75, 3.05) is 5.32 Å². The van der Waals surface area contributed by atoms with E-state index in [-0.39, 0.29) is 11.8 Å². The number of hydrogen-bond donors (Lipinski definition) is 1. The first-order valence-electron chi connectivity index (χ1n) is 5.49. The Morgan fingerprint density at radius 2 is 2.27 bits per heavy atom. The first-order valence-corrected chi connectivity index (χ1v) is 5.49. The Morgan fingerprint density at radius 1 is 1.47 bits per heavy atom. The zero-order chi connectivity index (χ0) is 11.1. The number of pyridine rings is 1. The maximum atomic E-state index is 11.8. The highest BCUT2D eigenvalue weighted by Gasteiger charge is 2.15. The molecule has 1 aromatic rings. The summed E-state index contributed by atoms with van der Waals surface area (Å²) in [5, 5.41) is 2.83. The number of carbonyl (C=O) groups is 1. The highest BCUT2D eigenvalue weighted by molar-refractivity contribution is 5.91. The molecular weight excluding hydrogens is 188 g/mol. The Kier molecular flexibility index (Phi) is 4.81. The monoisotopic (exact) mass is 206 g/mol. The van der Waals surface area contributed by atoms with E-state index in [1.54, 1.807) is 12.3 Å². The van der Waals surface area contributed by atoms with E-state index in [1.165, 1.54) is 0 Å². The number of nitrogens with zero attached hydrogens (tertiary/aromatic N) is 1. The second-order valence-corrected chi connectivity index (χ2v) is 3.60. The lowest BCUT2D eigenvalue weighted by Crippen LogP contribution is -2.22. The van der Waals surface area contributed by atoms with E-state index in [0.29, 0.717) is 5.82 Å². The summed E-state index contributed by atoms with van der Waals surface area (Å²) in [4.78, 5) is 15.8. The van der Waals surface area contributed by atoms with Crippen LogP contribution in [0.4, 0.5) is 5.82 Å². The Labute approximate surface area is 90.9 Å². The lowest BCUT2D eigenvalue weighted by Gasteiger charge is -2.13. The van der Waals surface area contributed by atoms with Crippen LogP contribution in [0.15, 0.2) is 24.4 Å². The van der Waals surface area contributed by atoms with Crippen LogP contribution in [0.1, 0.15) is 33.1 Å². The van der Waals surface area contributed by atoms with Crippen LogP contribution in [-0.2, 0) is 4.79 Å².